The number of rotatable bonds is 4. The van der Waals surface area contributed by atoms with E-state index in [1.54, 1.807) is 0 Å². The molecule has 1 saturated heterocycles. The van der Waals surface area contributed by atoms with Crippen molar-refractivity contribution in [2.24, 2.45) is 5.92 Å². The Morgan fingerprint density at radius 3 is 3.25 bits per heavy atom. The highest BCUT2D eigenvalue weighted by molar-refractivity contribution is 5.92. The predicted molar refractivity (Wildman–Crippen MR) is 63.4 cm³/mol. The molecule has 0 bridgehead atoms. The van der Waals surface area contributed by atoms with Crippen molar-refractivity contribution in [3.63, 3.8) is 0 Å². The molecule has 2 heterocycles. The summed E-state index contributed by atoms with van der Waals surface area (Å²) in [4.78, 5) is 11.9. The van der Waals surface area contributed by atoms with Crippen LogP contribution in [0.2, 0.25) is 0 Å². The number of amides is 1. The summed E-state index contributed by atoms with van der Waals surface area (Å²) in [5, 5.41) is 6.30. The molecular weight excluding hydrogens is 202 g/mol. The number of aromatic nitrogens is 1. The van der Waals surface area contributed by atoms with Gasteiger partial charge in [-0.3, -0.25) is 4.79 Å². The minimum atomic E-state index is 0.0405. The van der Waals surface area contributed by atoms with Gasteiger partial charge in [-0.2, -0.15) is 0 Å². The van der Waals surface area contributed by atoms with Crippen LogP contribution in [0, 0.1) is 5.92 Å². The number of nitrogens with zero attached hydrogens (tertiary/aromatic N) is 1. The van der Waals surface area contributed by atoms with Crippen molar-refractivity contribution < 1.29 is 4.79 Å². The molecule has 0 aliphatic carbocycles. The van der Waals surface area contributed by atoms with Gasteiger partial charge in [0.15, 0.2) is 0 Å². The fourth-order valence-electron chi connectivity index (χ4n) is 2.11. The third-order valence-corrected chi connectivity index (χ3v) is 3.12. The van der Waals surface area contributed by atoms with Crippen molar-refractivity contribution in [1.29, 1.82) is 0 Å². The SMILES string of the molecule is CCn1cccc1C(=O)NCC1CCNC1. The molecule has 0 spiro atoms. The smallest absolute Gasteiger partial charge is 0.267 e. The highest BCUT2D eigenvalue weighted by Crippen LogP contribution is 2.07. The van der Waals surface area contributed by atoms with Crippen molar-refractivity contribution in [3.05, 3.63) is 24.0 Å². The first-order valence-electron chi connectivity index (χ1n) is 5.95. The number of carbonyl (C=O) groups excluding carboxylic acids is 1. The monoisotopic (exact) mass is 221 g/mol. The van der Waals surface area contributed by atoms with E-state index in [2.05, 4.69) is 10.6 Å². The van der Waals surface area contributed by atoms with Crippen molar-refractivity contribution in [2.45, 2.75) is 19.9 Å². The van der Waals surface area contributed by atoms with Gasteiger partial charge in [0, 0.05) is 19.3 Å². The summed E-state index contributed by atoms with van der Waals surface area (Å²) in [6.45, 7) is 5.75. The van der Waals surface area contributed by atoms with E-state index in [4.69, 9.17) is 0 Å². The Labute approximate surface area is 96.0 Å². The summed E-state index contributed by atoms with van der Waals surface area (Å²) in [7, 11) is 0. The molecule has 88 valence electrons. The standard InChI is InChI=1S/C12H19N3O/c1-2-15-7-3-4-11(15)12(16)14-9-10-5-6-13-8-10/h3-4,7,10,13H,2,5-6,8-9H2,1H3,(H,14,16). The van der Waals surface area contributed by atoms with Gasteiger partial charge in [-0.15, -0.1) is 0 Å². The zero-order chi connectivity index (χ0) is 11.4. The Balaban J connectivity index is 1.87. The second-order valence-corrected chi connectivity index (χ2v) is 4.25. The molecule has 1 aliphatic heterocycles. The number of hydrogen-bond donors (Lipinski definition) is 2. The number of carbonyl (C=O) groups is 1. The van der Waals surface area contributed by atoms with Crippen LogP contribution in [0.15, 0.2) is 18.3 Å². The Kier molecular flexibility index (Phi) is 3.62. The zero-order valence-electron chi connectivity index (χ0n) is 9.70. The van der Waals surface area contributed by atoms with Crippen LogP contribution >= 0.6 is 0 Å². The fourth-order valence-corrected chi connectivity index (χ4v) is 2.11. The van der Waals surface area contributed by atoms with Crippen LogP contribution in [-0.4, -0.2) is 30.1 Å². The Morgan fingerprint density at radius 2 is 2.56 bits per heavy atom. The van der Waals surface area contributed by atoms with E-state index < -0.39 is 0 Å². The van der Waals surface area contributed by atoms with Gasteiger partial charge in [0.2, 0.25) is 0 Å². The lowest BCUT2D eigenvalue weighted by atomic mass is 10.1. The lowest BCUT2D eigenvalue weighted by Gasteiger charge is -2.11. The molecule has 2 N–H and O–H groups in total. The van der Waals surface area contributed by atoms with E-state index >= 15 is 0 Å². The molecule has 1 aromatic rings. The summed E-state index contributed by atoms with van der Waals surface area (Å²) in [5.74, 6) is 0.632. The van der Waals surface area contributed by atoms with Gasteiger partial charge in [-0.25, -0.2) is 0 Å². The van der Waals surface area contributed by atoms with E-state index in [0.717, 1.165) is 38.3 Å². The molecule has 4 nitrogen and oxygen atoms in total. The van der Waals surface area contributed by atoms with Crippen LogP contribution in [0.5, 0.6) is 0 Å². The second kappa shape index (κ2) is 5.16. The van der Waals surface area contributed by atoms with Gasteiger partial charge in [0.05, 0.1) is 0 Å². The molecule has 0 saturated carbocycles. The zero-order valence-corrected chi connectivity index (χ0v) is 9.70. The number of hydrogen-bond acceptors (Lipinski definition) is 2. The minimum Gasteiger partial charge on any atom is -0.350 e. The third kappa shape index (κ3) is 2.44. The molecule has 1 amide bonds. The molecule has 1 unspecified atom stereocenters. The van der Waals surface area contributed by atoms with E-state index in [9.17, 15) is 4.79 Å². The van der Waals surface area contributed by atoms with Gasteiger partial charge in [0.25, 0.3) is 5.91 Å². The fraction of sp³-hybridized carbons (Fsp3) is 0.583. The molecule has 1 aliphatic rings. The van der Waals surface area contributed by atoms with Crippen LogP contribution in [-0.2, 0) is 6.54 Å². The molecule has 1 atom stereocenters. The maximum absolute atomic E-state index is 11.9. The molecular formula is C12H19N3O. The van der Waals surface area contributed by atoms with Crippen LogP contribution in [0.1, 0.15) is 23.8 Å². The quantitative estimate of drug-likeness (QED) is 0.791. The summed E-state index contributed by atoms with van der Waals surface area (Å²) in [5.41, 5.74) is 0.758. The average molecular weight is 221 g/mol. The maximum atomic E-state index is 11.9. The molecule has 1 fully saturated rings. The summed E-state index contributed by atoms with van der Waals surface area (Å²) in [6, 6.07) is 3.78. The molecule has 16 heavy (non-hydrogen) atoms. The molecule has 2 rings (SSSR count). The van der Waals surface area contributed by atoms with E-state index in [0.29, 0.717) is 5.92 Å². The van der Waals surface area contributed by atoms with Crippen LogP contribution < -0.4 is 10.6 Å². The number of aryl methyl sites for hydroxylation is 1. The van der Waals surface area contributed by atoms with Crippen molar-refractivity contribution in [3.8, 4) is 0 Å². The van der Waals surface area contributed by atoms with Gasteiger partial charge in [-0.05, 0) is 44.5 Å². The van der Waals surface area contributed by atoms with E-state index in [1.807, 2.05) is 29.8 Å². The summed E-state index contributed by atoms with van der Waals surface area (Å²) < 4.78 is 1.96. The Bertz CT molecular complexity index is 353. The average Bonchev–Trinajstić information content (AvgIpc) is 2.96. The van der Waals surface area contributed by atoms with Gasteiger partial charge >= 0.3 is 0 Å². The second-order valence-electron chi connectivity index (χ2n) is 4.25. The highest BCUT2D eigenvalue weighted by atomic mass is 16.1. The van der Waals surface area contributed by atoms with Crippen molar-refractivity contribution >= 4 is 5.91 Å². The first-order chi connectivity index (χ1) is 7.81. The molecule has 0 radical (unpaired) electrons. The highest BCUT2D eigenvalue weighted by Gasteiger charge is 2.16. The van der Waals surface area contributed by atoms with Crippen LogP contribution in [0.3, 0.4) is 0 Å². The van der Waals surface area contributed by atoms with E-state index in [-0.39, 0.29) is 5.91 Å². The van der Waals surface area contributed by atoms with Crippen LogP contribution in [0.25, 0.3) is 0 Å². The number of nitrogens with one attached hydrogen (secondary N) is 2. The Hall–Kier alpha value is -1.29. The first-order valence-corrected chi connectivity index (χ1v) is 5.95. The maximum Gasteiger partial charge on any atom is 0.267 e. The van der Waals surface area contributed by atoms with Crippen molar-refractivity contribution in [2.75, 3.05) is 19.6 Å². The topological polar surface area (TPSA) is 46.1 Å². The normalized spacial score (nSPS) is 19.9. The summed E-state index contributed by atoms with van der Waals surface area (Å²) in [6.07, 6.45) is 3.10. The Morgan fingerprint density at radius 1 is 1.69 bits per heavy atom. The molecule has 4 heteroatoms. The van der Waals surface area contributed by atoms with Gasteiger partial charge in [-0.1, -0.05) is 0 Å². The minimum absolute atomic E-state index is 0.0405. The van der Waals surface area contributed by atoms with Crippen LogP contribution in [0.4, 0.5) is 0 Å². The first kappa shape index (κ1) is 11.2. The molecule has 1 aromatic heterocycles. The van der Waals surface area contributed by atoms with E-state index in [1.165, 1.54) is 0 Å². The lowest BCUT2D eigenvalue weighted by molar-refractivity contribution is 0.0939. The lowest BCUT2D eigenvalue weighted by Crippen LogP contribution is -2.31. The molecule has 0 aromatic carbocycles. The third-order valence-electron chi connectivity index (χ3n) is 3.12. The van der Waals surface area contributed by atoms with Crippen molar-refractivity contribution in [1.82, 2.24) is 15.2 Å². The summed E-state index contributed by atoms with van der Waals surface area (Å²) >= 11 is 0. The largest absolute Gasteiger partial charge is 0.350 e. The van der Waals surface area contributed by atoms with Gasteiger partial charge in [0.1, 0.15) is 5.69 Å². The van der Waals surface area contributed by atoms with Gasteiger partial charge < -0.3 is 15.2 Å². The predicted octanol–water partition coefficient (Wildman–Crippen LogP) is 0.847.